The first-order chi connectivity index (χ1) is 12.2. The lowest BCUT2D eigenvalue weighted by Crippen LogP contribution is -2.42. The van der Waals surface area contributed by atoms with Gasteiger partial charge in [-0.1, -0.05) is 0 Å². The van der Waals surface area contributed by atoms with Crippen LogP contribution in [0.15, 0.2) is 4.79 Å². The van der Waals surface area contributed by atoms with Crippen molar-refractivity contribution in [3.63, 3.8) is 0 Å². The Morgan fingerprint density at radius 3 is 3.04 bits per heavy atom. The van der Waals surface area contributed by atoms with Gasteiger partial charge in [0.05, 0.1) is 30.7 Å². The Labute approximate surface area is 150 Å². The summed E-state index contributed by atoms with van der Waals surface area (Å²) in [5, 5.41) is 9.97. The third-order valence-electron chi connectivity index (χ3n) is 5.07. The number of aromatic nitrogens is 2. The molecule has 0 bridgehead atoms. The topological polar surface area (TPSA) is 71.2 Å². The molecule has 132 valence electrons. The number of hydrogen-bond acceptors (Lipinski definition) is 6. The Bertz CT molecular complexity index is 895. The van der Waals surface area contributed by atoms with Crippen molar-refractivity contribution in [2.24, 2.45) is 0 Å². The molecular formula is C18H22N4O2S. The van der Waals surface area contributed by atoms with Gasteiger partial charge in [0.2, 0.25) is 0 Å². The minimum Gasteiger partial charge on any atom is -0.376 e. The monoisotopic (exact) mass is 358 g/mol. The van der Waals surface area contributed by atoms with E-state index in [1.54, 1.807) is 15.9 Å². The number of rotatable bonds is 3. The van der Waals surface area contributed by atoms with Crippen LogP contribution in [0.25, 0.3) is 10.2 Å². The van der Waals surface area contributed by atoms with Crippen LogP contribution in [0.5, 0.6) is 0 Å². The van der Waals surface area contributed by atoms with Crippen molar-refractivity contribution in [3.8, 4) is 6.07 Å². The van der Waals surface area contributed by atoms with E-state index < -0.39 is 0 Å². The van der Waals surface area contributed by atoms with Crippen molar-refractivity contribution in [1.82, 2.24) is 14.5 Å². The summed E-state index contributed by atoms with van der Waals surface area (Å²) in [5.74, 6) is 0.701. The van der Waals surface area contributed by atoms with Gasteiger partial charge in [0.1, 0.15) is 17.2 Å². The van der Waals surface area contributed by atoms with Gasteiger partial charge in [0.15, 0.2) is 0 Å². The number of hydrogen-bond donors (Lipinski definition) is 0. The molecule has 0 saturated carbocycles. The quantitative estimate of drug-likeness (QED) is 0.840. The average molecular weight is 358 g/mol. The lowest BCUT2D eigenvalue weighted by atomic mass is 9.97. The fraction of sp³-hybridized carbons (Fsp3) is 0.611. The molecule has 6 nitrogen and oxygen atoms in total. The Balaban J connectivity index is 1.79. The molecule has 0 N–H and O–H groups in total. The molecule has 25 heavy (non-hydrogen) atoms. The molecule has 3 heterocycles. The molecule has 7 heteroatoms. The molecule has 2 aromatic rings. The average Bonchev–Trinajstić information content (AvgIpc) is 2.96. The van der Waals surface area contributed by atoms with Crippen molar-refractivity contribution >= 4 is 21.6 Å². The van der Waals surface area contributed by atoms with Crippen molar-refractivity contribution < 1.29 is 4.74 Å². The molecule has 1 aliphatic heterocycles. The first kappa shape index (κ1) is 16.7. The van der Waals surface area contributed by atoms with E-state index >= 15 is 0 Å². The lowest BCUT2D eigenvalue weighted by Gasteiger charge is -2.31. The zero-order chi connectivity index (χ0) is 17.4. The predicted molar refractivity (Wildman–Crippen MR) is 96.8 cm³/mol. The molecule has 0 aromatic carbocycles. The minimum atomic E-state index is -0.0396. The maximum Gasteiger partial charge on any atom is 0.263 e. The highest BCUT2D eigenvalue weighted by Crippen LogP contribution is 2.33. The Morgan fingerprint density at radius 1 is 1.40 bits per heavy atom. The summed E-state index contributed by atoms with van der Waals surface area (Å²) in [6.45, 7) is 5.04. The van der Waals surface area contributed by atoms with Gasteiger partial charge in [0.25, 0.3) is 5.56 Å². The number of morpholine rings is 1. The Morgan fingerprint density at radius 2 is 2.24 bits per heavy atom. The van der Waals surface area contributed by atoms with E-state index in [0.29, 0.717) is 19.0 Å². The molecule has 2 aliphatic rings. The molecule has 1 atom stereocenters. The van der Waals surface area contributed by atoms with E-state index in [1.165, 1.54) is 16.9 Å². The summed E-state index contributed by atoms with van der Waals surface area (Å²) < 4.78 is 7.17. The standard InChI is InChI=1S/C18H22N4O2S/c1-12-10-21(8-9-24-12)11-15-20-17-16(18(23)22(15)7-6-19)13-4-2-3-5-14(13)25-17/h12H,2-5,7-11H2,1H3/t12-/m1/s1. The fourth-order valence-electron chi connectivity index (χ4n) is 3.87. The number of ether oxygens (including phenoxy) is 1. The van der Waals surface area contributed by atoms with E-state index in [2.05, 4.69) is 17.9 Å². The van der Waals surface area contributed by atoms with Crippen LogP contribution < -0.4 is 5.56 Å². The fourth-order valence-corrected chi connectivity index (χ4v) is 5.14. The SMILES string of the molecule is C[C@@H]1CN(Cc2nc3sc4c(c3c(=O)n2CC#N)CCCC4)CCO1. The van der Waals surface area contributed by atoms with E-state index in [-0.39, 0.29) is 18.2 Å². The summed E-state index contributed by atoms with van der Waals surface area (Å²) in [7, 11) is 0. The van der Waals surface area contributed by atoms with Gasteiger partial charge in [-0.2, -0.15) is 5.26 Å². The zero-order valence-electron chi connectivity index (χ0n) is 14.5. The highest BCUT2D eigenvalue weighted by atomic mass is 32.1. The summed E-state index contributed by atoms with van der Waals surface area (Å²) >= 11 is 1.67. The van der Waals surface area contributed by atoms with Crippen LogP contribution in [0.1, 0.15) is 36.0 Å². The number of nitriles is 1. The first-order valence-electron chi connectivity index (χ1n) is 8.92. The molecule has 4 rings (SSSR count). The van der Waals surface area contributed by atoms with Crippen LogP contribution in [0.2, 0.25) is 0 Å². The highest BCUT2D eigenvalue weighted by molar-refractivity contribution is 7.18. The molecule has 0 unspecified atom stereocenters. The zero-order valence-corrected chi connectivity index (χ0v) is 15.3. The van der Waals surface area contributed by atoms with E-state index in [0.717, 1.165) is 42.6 Å². The van der Waals surface area contributed by atoms with E-state index in [9.17, 15) is 10.1 Å². The maximum absolute atomic E-state index is 13.1. The maximum atomic E-state index is 13.1. The second-order valence-corrected chi connectivity index (χ2v) is 7.97. The van der Waals surface area contributed by atoms with Crippen molar-refractivity contribution in [2.45, 2.75) is 51.8 Å². The highest BCUT2D eigenvalue weighted by Gasteiger charge is 2.24. The molecular weight excluding hydrogens is 336 g/mol. The van der Waals surface area contributed by atoms with Crippen LogP contribution in [0.4, 0.5) is 0 Å². The van der Waals surface area contributed by atoms with Crippen LogP contribution in [-0.4, -0.2) is 40.3 Å². The Hall–Kier alpha value is -1.75. The van der Waals surface area contributed by atoms with E-state index in [1.807, 2.05) is 0 Å². The summed E-state index contributed by atoms with van der Waals surface area (Å²) in [4.78, 5) is 22.4. The predicted octanol–water partition coefficient (Wildman–Crippen LogP) is 2.08. The smallest absolute Gasteiger partial charge is 0.263 e. The molecule has 0 spiro atoms. The molecule has 1 aliphatic carbocycles. The van der Waals surface area contributed by atoms with Gasteiger partial charge < -0.3 is 4.74 Å². The summed E-state index contributed by atoms with van der Waals surface area (Å²) in [6, 6.07) is 2.13. The van der Waals surface area contributed by atoms with Crippen molar-refractivity contribution in [3.05, 3.63) is 26.6 Å². The van der Waals surface area contributed by atoms with Crippen LogP contribution >= 0.6 is 11.3 Å². The number of thiophene rings is 1. The third kappa shape index (κ3) is 3.10. The van der Waals surface area contributed by atoms with Gasteiger partial charge in [-0.05, 0) is 38.2 Å². The molecule has 1 fully saturated rings. The summed E-state index contributed by atoms with van der Waals surface area (Å²) in [6.07, 6.45) is 4.50. The number of nitrogens with zero attached hydrogens (tertiary/aromatic N) is 4. The molecule has 0 amide bonds. The van der Waals surface area contributed by atoms with Gasteiger partial charge >= 0.3 is 0 Å². The third-order valence-corrected chi connectivity index (χ3v) is 6.26. The molecule has 0 radical (unpaired) electrons. The van der Waals surface area contributed by atoms with Gasteiger partial charge in [-0.25, -0.2) is 4.98 Å². The minimum absolute atomic E-state index is 0.0396. The second kappa shape index (κ2) is 6.87. The van der Waals surface area contributed by atoms with Gasteiger partial charge in [-0.3, -0.25) is 14.3 Å². The normalized spacial score (nSPS) is 21.2. The molecule has 1 saturated heterocycles. The van der Waals surface area contributed by atoms with Crippen LogP contribution in [0.3, 0.4) is 0 Å². The van der Waals surface area contributed by atoms with Crippen molar-refractivity contribution in [2.75, 3.05) is 19.7 Å². The van der Waals surface area contributed by atoms with Crippen molar-refractivity contribution in [1.29, 1.82) is 5.26 Å². The van der Waals surface area contributed by atoms with E-state index in [4.69, 9.17) is 9.72 Å². The Kier molecular flexibility index (Phi) is 4.59. The van der Waals surface area contributed by atoms with Crippen LogP contribution in [-0.2, 0) is 30.7 Å². The lowest BCUT2D eigenvalue weighted by molar-refractivity contribution is -0.0223. The van der Waals surface area contributed by atoms with Gasteiger partial charge in [-0.15, -0.1) is 11.3 Å². The number of fused-ring (bicyclic) bond motifs is 3. The molecule has 2 aromatic heterocycles. The van der Waals surface area contributed by atoms with Gasteiger partial charge in [0, 0.05) is 18.0 Å². The number of aryl methyl sites for hydroxylation is 2. The first-order valence-corrected chi connectivity index (χ1v) is 9.74. The van der Waals surface area contributed by atoms with Crippen LogP contribution in [0, 0.1) is 11.3 Å². The summed E-state index contributed by atoms with van der Waals surface area (Å²) in [5.41, 5.74) is 1.14. The second-order valence-electron chi connectivity index (χ2n) is 6.89. The largest absolute Gasteiger partial charge is 0.376 e.